The van der Waals surface area contributed by atoms with Crippen LogP contribution in [0.5, 0.6) is 0 Å². The van der Waals surface area contributed by atoms with Crippen molar-refractivity contribution in [2.75, 3.05) is 18.5 Å². The van der Waals surface area contributed by atoms with Crippen molar-refractivity contribution in [1.29, 1.82) is 0 Å². The maximum absolute atomic E-state index is 11.6. The van der Waals surface area contributed by atoms with Crippen LogP contribution >= 0.6 is 11.8 Å². The van der Waals surface area contributed by atoms with Crippen molar-refractivity contribution in [3.05, 3.63) is 90.0 Å². The fourth-order valence-electron chi connectivity index (χ4n) is 2.86. The molecule has 0 fully saturated rings. The summed E-state index contributed by atoms with van der Waals surface area (Å²) in [5.74, 6) is -0.183. The number of hydrogen-bond acceptors (Lipinski definition) is 4. The highest BCUT2D eigenvalue weighted by Gasteiger charge is 2.05. The first kappa shape index (κ1) is 20.0. The Morgan fingerprint density at radius 3 is 2.43 bits per heavy atom. The van der Waals surface area contributed by atoms with E-state index in [0.717, 1.165) is 29.1 Å². The number of carbonyl (C=O) groups is 1. The van der Waals surface area contributed by atoms with E-state index < -0.39 is 0 Å². The highest BCUT2D eigenvalue weighted by Crippen LogP contribution is 2.29. The van der Waals surface area contributed by atoms with Gasteiger partial charge in [-0.15, -0.1) is 0 Å². The maximum atomic E-state index is 11.6. The van der Waals surface area contributed by atoms with E-state index in [1.165, 1.54) is 10.5 Å². The number of anilines is 1. The molecule has 0 aliphatic carbocycles. The van der Waals surface area contributed by atoms with Gasteiger partial charge < -0.3 is 10.1 Å². The Balaban J connectivity index is 1.53. The number of rotatable bonds is 9. The van der Waals surface area contributed by atoms with Gasteiger partial charge in [-0.2, -0.15) is 0 Å². The highest BCUT2D eigenvalue weighted by atomic mass is 32.2. The molecule has 0 aliphatic heterocycles. The SMILES string of the molecule is CCOC(=O)Cc1ccc(Sc2cccc(NCCc3ccccc3)c2)cc1. The smallest absolute Gasteiger partial charge is 0.310 e. The number of esters is 1. The van der Waals surface area contributed by atoms with E-state index in [0.29, 0.717) is 13.0 Å². The van der Waals surface area contributed by atoms with Crippen molar-refractivity contribution >= 4 is 23.4 Å². The van der Waals surface area contributed by atoms with Crippen LogP contribution in [0.4, 0.5) is 5.69 Å². The minimum absolute atomic E-state index is 0.183. The molecule has 0 aliphatic rings. The molecule has 1 N–H and O–H groups in total. The third-order valence-electron chi connectivity index (χ3n) is 4.23. The van der Waals surface area contributed by atoms with E-state index >= 15 is 0 Å². The highest BCUT2D eigenvalue weighted by molar-refractivity contribution is 7.99. The van der Waals surface area contributed by atoms with Gasteiger partial charge in [0.25, 0.3) is 0 Å². The second-order valence-corrected chi connectivity index (χ2v) is 7.56. The molecule has 0 atom stereocenters. The summed E-state index contributed by atoms with van der Waals surface area (Å²) in [5, 5.41) is 3.50. The van der Waals surface area contributed by atoms with Crippen molar-refractivity contribution in [1.82, 2.24) is 0 Å². The molecule has 3 aromatic rings. The largest absolute Gasteiger partial charge is 0.466 e. The summed E-state index contributed by atoms with van der Waals surface area (Å²) in [6.45, 7) is 3.14. The molecule has 0 amide bonds. The molecule has 3 aromatic carbocycles. The molecule has 0 heterocycles. The molecule has 0 bridgehead atoms. The Bertz CT molecular complexity index is 879. The summed E-state index contributed by atoms with van der Waals surface area (Å²) in [4.78, 5) is 13.9. The third kappa shape index (κ3) is 6.46. The van der Waals surface area contributed by atoms with Crippen LogP contribution in [0, 0.1) is 0 Å². The van der Waals surface area contributed by atoms with Gasteiger partial charge in [-0.3, -0.25) is 4.79 Å². The molecule has 0 saturated heterocycles. The van der Waals surface area contributed by atoms with Gasteiger partial charge in [0, 0.05) is 22.0 Å². The Morgan fingerprint density at radius 1 is 0.893 bits per heavy atom. The molecule has 4 heteroatoms. The zero-order valence-electron chi connectivity index (χ0n) is 16.1. The van der Waals surface area contributed by atoms with Gasteiger partial charge in [-0.05, 0) is 54.8 Å². The quantitative estimate of drug-likeness (QED) is 0.482. The van der Waals surface area contributed by atoms with Gasteiger partial charge >= 0.3 is 5.97 Å². The van der Waals surface area contributed by atoms with Crippen molar-refractivity contribution in [2.45, 2.75) is 29.6 Å². The van der Waals surface area contributed by atoms with E-state index in [4.69, 9.17) is 4.74 Å². The first-order valence-electron chi connectivity index (χ1n) is 9.53. The van der Waals surface area contributed by atoms with Crippen LogP contribution in [0.1, 0.15) is 18.1 Å². The zero-order chi connectivity index (χ0) is 19.6. The van der Waals surface area contributed by atoms with Crippen LogP contribution in [0.3, 0.4) is 0 Å². The molecular weight excluding hydrogens is 366 g/mol. The third-order valence-corrected chi connectivity index (χ3v) is 5.23. The van der Waals surface area contributed by atoms with E-state index in [-0.39, 0.29) is 5.97 Å². The van der Waals surface area contributed by atoms with Crippen LogP contribution in [0.2, 0.25) is 0 Å². The lowest BCUT2D eigenvalue weighted by atomic mass is 10.1. The molecule has 0 saturated carbocycles. The summed E-state index contributed by atoms with van der Waals surface area (Å²) in [6, 6.07) is 27.0. The van der Waals surface area contributed by atoms with Crippen molar-refractivity contribution in [3.8, 4) is 0 Å². The molecule has 28 heavy (non-hydrogen) atoms. The first-order chi connectivity index (χ1) is 13.7. The van der Waals surface area contributed by atoms with E-state index in [1.807, 2.05) is 25.1 Å². The fraction of sp³-hybridized carbons (Fsp3) is 0.208. The van der Waals surface area contributed by atoms with Crippen LogP contribution < -0.4 is 5.32 Å². The number of hydrogen-bond donors (Lipinski definition) is 1. The standard InChI is InChI=1S/C24H25NO2S/c1-2-27-24(26)17-20-11-13-22(14-12-20)28-23-10-6-9-21(18-23)25-16-15-19-7-4-3-5-8-19/h3-14,18,25H,2,15-17H2,1H3. The van der Waals surface area contributed by atoms with Crippen LogP contribution in [0.25, 0.3) is 0 Å². The molecule has 3 rings (SSSR count). The minimum Gasteiger partial charge on any atom is -0.466 e. The van der Waals surface area contributed by atoms with Gasteiger partial charge in [-0.25, -0.2) is 0 Å². The van der Waals surface area contributed by atoms with Crippen molar-refractivity contribution in [2.24, 2.45) is 0 Å². The Labute approximate surface area is 171 Å². The molecule has 3 nitrogen and oxygen atoms in total. The van der Waals surface area contributed by atoms with Gasteiger partial charge in [0.1, 0.15) is 0 Å². The number of benzene rings is 3. The van der Waals surface area contributed by atoms with Crippen LogP contribution in [-0.4, -0.2) is 19.1 Å². The molecule has 144 valence electrons. The lowest BCUT2D eigenvalue weighted by molar-refractivity contribution is -0.142. The van der Waals surface area contributed by atoms with E-state index in [2.05, 4.69) is 66.0 Å². The Hall–Kier alpha value is -2.72. The monoisotopic (exact) mass is 391 g/mol. The second kappa shape index (κ2) is 10.6. The first-order valence-corrected chi connectivity index (χ1v) is 10.3. The predicted molar refractivity (Wildman–Crippen MR) is 116 cm³/mol. The minimum atomic E-state index is -0.183. The lowest BCUT2D eigenvalue weighted by Gasteiger charge is -2.09. The fourth-order valence-corrected chi connectivity index (χ4v) is 3.73. The molecular formula is C24H25NO2S. The molecule has 0 unspecified atom stereocenters. The van der Waals surface area contributed by atoms with E-state index in [9.17, 15) is 4.79 Å². The van der Waals surface area contributed by atoms with Gasteiger partial charge in [0.15, 0.2) is 0 Å². The maximum Gasteiger partial charge on any atom is 0.310 e. The average Bonchev–Trinajstić information content (AvgIpc) is 2.71. The van der Waals surface area contributed by atoms with Crippen LogP contribution in [-0.2, 0) is 22.4 Å². The summed E-state index contributed by atoms with van der Waals surface area (Å²) in [6.07, 6.45) is 1.32. The summed E-state index contributed by atoms with van der Waals surface area (Å²) in [5.41, 5.74) is 3.43. The lowest BCUT2D eigenvalue weighted by Crippen LogP contribution is -2.07. The van der Waals surface area contributed by atoms with Crippen molar-refractivity contribution in [3.63, 3.8) is 0 Å². The summed E-state index contributed by atoms with van der Waals surface area (Å²) < 4.78 is 4.99. The van der Waals surface area contributed by atoms with Gasteiger partial charge in [0.2, 0.25) is 0 Å². The topological polar surface area (TPSA) is 38.3 Å². The van der Waals surface area contributed by atoms with Gasteiger partial charge in [0.05, 0.1) is 13.0 Å². The molecule has 0 radical (unpaired) electrons. The van der Waals surface area contributed by atoms with E-state index in [1.54, 1.807) is 11.8 Å². The van der Waals surface area contributed by atoms with Gasteiger partial charge in [-0.1, -0.05) is 60.3 Å². The molecule has 0 spiro atoms. The Morgan fingerprint density at radius 2 is 1.68 bits per heavy atom. The Kier molecular flexibility index (Phi) is 7.56. The molecule has 0 aromatic heterocycles. The average molecular weight is 392 g/mol. The van der Waals surface area contributed by atoms with Crippen LogP contribution in [0.15, 0.2) is 88.7 Å². The predicted octanol–water partition coefficient (Wildman–Crippen LogP) is 5.60. The van der Waals surface area contributed by atoms with Crippen molar-refractivity contribution < 1.29 is 9.53 Å². The number of carbonyl (C=O) groups excluding carboxylic acids is 1. The number of ether oxygens (including phenoxy) is 1. The normalized spacial score (nSPS) is 10.5. The second-order valence-electron chi connectivity index (χ2n) is 6.42. The summed E-state index contributed by atoms with van der Waals surface area (Å²) in [7, 11) is 0. The number of nitrogens with one attached hydrogen (secondary N) is 1. The zero-order valence-corrected chi connectivity index (χ0v) is 16.9. The summed E-state index contributed by atoms with van der Waals surface area (Å²) >= 11 is 1.71.